The van der Waals surface area contributed by atoms with Crippen molar-refractivity contribution in [1.82, 2.24) is 9.97 Å². The van der Waals surface area contributed by atoms with Crippen molar-refractivity contribution in [2.75, 3.05) is 24.2 Å². The summed E-state index contributed by atoms with van der Waals surface area (Å²) >= 11 is 0. The highest BCUT2D eigenvalue weighted by Gasteiger charge is 2.27. The third kappa shape index (κ3) is 3.80. The van der Waals surface area contributed by atoms with E-state index in [2.05, 4.69) is 20.6 Å². The number of nitrogens with one attached hydrogen (secondary N) is 2. The summed E-state index contributed by atoms with van der Waals surface area (Å²) in [5.74, 6) is 1.40. The Morgan fingerprint density at radius 2 is 1.95 bits per heavy atom. The van der Waals surface area contributed by atoms with Gasteiger partial charge in [0.1, 0.15) is 5.82 Å². The van der Waals surface area contributed by atoms with Gasteiger partial charge in [0, 0.05) is 25.4 Å². The minimum Gasteiger partial charge on any atom is -0.388 e. The van der Waals surface area contributed by atoms with Crippen LogP contribution in [0.3, 0.4) is 0 Å². The summed E-state index contributed by atoms with van der Waals surface area (Å²) < 4.78 is 0. The predicted octanol–water partition coefficient (Wildman–Crippen LogP) is 2.32. The quantitative estimate of drug-likeness (QED) is 0.728. The van der Waals surface area contributed by atoms with E-state index in [0.717, 1.165) is 37.1 Å². The molecule has 106 valence electrons. The molecular formula is C14H24N4O. The molecule has 0 amide bonds. The largest absolute Gasteiger partial charge is 0.388 e. The first-order valence-corrected chi connectivity index (χ1v) is 7.11. The van der Waals surface area contributed by atoms with Crippen LogP contribution >= 0.6 is 0 Å². The average Bonchev–Trinajstić information content (AvgIpc) is 2.63. The van der Waals surface area contributed by atoms with Crippen LogP contribution in [-0.2, 0) is 0 Å². The monoisotopic (exact) mass is 264 g/mol. The second kappa shape index (κ2) is 6.19. The number of aromatic nitrogens is 2. The van der Waals surface area contributed by atoms with Gasteiger partial charge in [0.05, 0.1) is 5.60 Å². The van der Waals surface area contributed by atoms with Gasteiger partial charge in [0.15, 0.2) is 0 Å². The molecule has 1 aromatic rings. The lowest BCUT2D eigenvalue weighted by Crippen LogP contribution is -2.36. The number of rotatable bonds is 4. The van der Waals surface area contributed by atoms with Crippen molar-refractivity contribution in [2.45, 2.75) is 51.0 Å². The fraction of sp³-hybridized carbons (Fsp3) is 0.714. The van der Waals surface area contributed by atoms with Gasteiger partial charge in [0.25, 0.3) is 0 Å². The summed E-state index contributed by atoms with van der Waals surface area (Å²) in [7, 11) is 1.80. The summed E-state index contributed by atoms with van der Waals surface area (Å²) in [4.78, 5) is 8.55. The summed E-state index contributed by atoms with van der Waals surface area (Å²) in [6.45, 7) is 2.53. The van der Waals surface area contributed by atoms with Gasteiger partial charge in [0.2, 0.25) is 5.95 Å². The van der Waals surface area contributed by atoms with E-state index < -0.39 is 5.60 Å². The molecule has 1 aliphatic carbocycles. The lowest BCUT2D eigenvalue weighted by molar-refractivity contribution is 0.0380. The summed E-state index contributed by atoms with van der Waals surface area (Å²) in [5.41, 5.74) is 0.407. The number of hydrogen-bond donors (Lipinski definition) is 3. The number of aryl methyl sites for hydroxylation is 1. The summed E-state index contributed by atoms with van der Waals surface area (Å²) in [6, 6.07) is 0. The normalized spacial score (nSPS) is 18.7. The molecule has 0 spiro atoms. The van der Waals surface area contributed by atoms with E-state index >= 15 is 0 Å². The fourth-order valence-electron chi connectivity index (χ4n) is 2.55. The Kier molecular flexibility index (Phi) is 4.58. The van der Waals surface area contributed by atoms with E-state index in [1.807, 2.05) is 6.92 Å². The second-order valence-electron chi connectivity index (χ2n) is 5.47. The van der Waals surface area contributed by atoms with Crippen molar-refractivity contribution in [3.8, 4) is 0 Å². The van der Waals surface area contributed by atoms with Crippen LogP contribution < -0.4 is 10.6 Å². The van der Waals surface area contributed by atoms with Gasteiger partial charge >= 0.3 is 0 Å². The number of anilines is 2. The maximum absolute atomic E-state index is 10.6. The van der Waals surface area contributed by atoms with Gasteiger partial charge in [-0.2, -0.15) is 4.98 Å². The molecule has 2 rings (SSSR count). The zero-order valence-corrected chi connectivity index (χ0v) is 11.9. The minimum absolute atomic E-state index is 0.563. The Hall–Kier alpha value is -1.36. The molecule has 0 bridgehead atoms. The van der Waals surface area contributed by atoms with Crippen LogP contribution in [0.1, 0.15) is 44.1 Å². The van der Waals surface area contributed by atoms with Crippen molar-refractivity contribution in [3.63, 3.8) is 0 Å². The zero-order valence-electron chi connectivity index (χ0n) is 11.9. The highest BCUT2D eigenvalue weighted by Crippen LogP contribution is 2.27. The molecule has 19 heavy (non-hydrogen) atoms. The van der Waals surface area contributed by atoms with E-state index in [0.29, 0.717) is 12.5 Å². The highest BCUT2D eigenvalue weighted by atomic mass is 16.3. The predicted molar refractivity (Wildman–Crippen MR) is 77.5 cm³/mol. The molecular weight excluding hydrogens is 240 g/mol. The van der Waals surface area contributed by atoms with Crippen molar-refractivity contribution >= 4 is 11.8 Å². The van der Waals surface area contributed by atoms with Gasteiger partial charge in [-0.25, -0.2) is 4.98 Å². The molecule has 1 heterocycles. The van der Waals surface area contributed by atoms with Crippen LogP contribution in [0.5, 0.6) is 0 Å². The lowest BCUT2D eigenvalue weighted by Gasteiger charge is -2.27. The molecule has 0 unspecified atom stereocenters. The molecule has 1 saturated carbocycles. The van der Waals surface area contributed by atoms with E-state index in [4.69, 9.17) is 0 Å². The second-order valence-corrected chi connectivity index (χ2v) is 5.47. The Labute approximate surface area is 114 Å². The molecule has 1 fully saturated rings. The molecule has 3 N–H and O–H groups in total. The van der Waals surface area contributed by atoms with E-state index in [1.54, 1.807) is 13.2 Å². The van der Waals surface area contributed by atoms with E-state index in [1.165, 1.54) is 12.8 Å². The van der Waals surface area contributed by atoms with E-state index in [-0.39, 0.29) is 0 Å². The van der Waals surface area contributed by atoms with Crippen LogP contribution in [0.2, 0.25) is 0 Å². The van der Waals surface area contributed by atoms with Crippen LogP contribution in [-0.4, -0.2) is 34.3 Å². The average molecular weight is 264 g/mol. The fourth-order valence-corrected chi connectivity index (χ4v) is 2.55. The van der Waals surface area contributed by atoms with Crippen LogP contribution in [0.25, 0.3) is 0 Å². The van der Waals surface area contributed by atoms with Crippen molar-refractivity contribution in [3.05, 3.63) is 11.8 Å². The van der Waals surface area contributed by atoms with Gasteiger partial charge < -0.3 is 15.7 Å². The first-order valence-electron chi connectivity index (χ1n) is 7.11. The van der Waals surface area contributed by atoms with Crippen molar-refractivity contribution in [2.24, 2.45) is 0 Å². The Morgan fingerprint density at radius 1 is 1.26 bits per heavy atom. The molecule has 0 atom stereocenters. The summed E-state index contributed by atoms with van der Waals surface area (Å²) in [5, 5.41) is 16.8. The molecule has 0 aromatic carbocycles. The SMILES string of the molecule is CNc1ncc(C)c(NCC2(O)CCCCCC2)n1. The number of aliphatic hydroxyl groups is 1. The molecule has 1 aliphatic rings. The van der Waals surface area contributed by atoms with Gasteiger partial charge in [-0.3, -0.25) is 0 Å². The topological polar surface area (TPSA) is 70.1 Å². The maximum atomic E-state index is 10.6. The molecule has 0 saturated heterocycles. The van der Waals surface area contributed by atoms with Gasteiger partial charge in [-0.15, -0.1) is 0 Å². The van der Waals surface area contributed by atoms with Crippen molar-refractivity contribution in [1.29, 1.82) is 0 Å². The first kappa shape index (κ1) is 14.1. The number of hydrogen-bond acceptors (Lipinski definition) is 5. The van der Waals surface area contributed by atoms with Crippen LogP contribution in [0.4, 0.5) is 11.8 Å². The first-order chi connectivity index (χ1) is 9.13. The van der Waals surface area contributed by atoms with Crippen molar-refractivity contribution < 1.29 is 5.11 Å². The third-order valence-corrected chi connectivity index (χ3v) is 3.81. The zero-order chi connectivity index (χ0) is 13.7. The van der Waals surface area contributed by atoms with Gasteiger partial charge in [-0.1, -0.05) is 25.7 Å². The molecule has 5 nitrogen and oxygen atoms in total. The minimum atomic E-state index is -0.590. The molecule has 1 aromatic heterocycles. The van der Waals surface area contributed by atoms with E-state index in [9.17, 15) is 5.11 Å². The smallest absolute Gasteiger partial charge is 0.224 e. The Morgan fingerprint density at radius 3 is 2.58 bits per heavy atom. The third-order valence-electron chi connectivity index (χ3n) is 3.81. The summed E-state index contributed by atoms with van der Waals surface area (Å²) in [6.07, 6.45) is 8.24. The lowest BCUT2D eigenvalue weighted by atomic mass is 9.94. The molecule has 5 heteroatoms. The standard InChI is InChI=1S/C14H24N4O/c1-11-9-16-13(15-2)18-12(11)17-10-14(19)7-5-3-4-6-8-14/h9,19H,3-8,10H2,1-2H3,(H2,15,16,17,18). The maximum Gasteiger partial charge on any atom is 0.224 e. The van der Waals surface area contributed by atoms with Gasteiger partial charge in [-0.05, 0) is 19.8 Å². The Balaban J connectivity index is 2.00. The Bertz CT molecular complexity index is 414. The van der Waals surface area contributed by atoms with Crippen LogP contribution in [0, 0.1) is 6.92 Å². The molecule has 0 radical (unpaired) electrons. The van der Waals surface area contributed by atoms with Crippen LogP contribution in [0.15, 0.2) is 6.20 Å². The highest BCUT2D eigenvalue weighted by molar-refractivity contribution is 5.46. The number of nitrogens with zero attached hydrogens (tertiary/aromatic N) is 2. The molecule has 0 aliphatic heterocycles.